The highest BCUT2D eigenvalue weighted by Crippen LogP contribution is 1.89. The van der Waals surface area contributed by atoms with Gasteiger partial charge in [0.15, 0.2) is 0 Å². The largest absolute Gasteiger partial charge is 0.381 e. The van der Waals surface area contributed by atoms with Gasteiger partial charge in [0.2, 0.25) is 10.0 Å². The van der Waals surface area contributed by atoms with Crippen molar-refractivity contribution >= 4 is 10.0 Å². The molecule has 1 N–H and O–H groups in total. The molecule has 0 heterocycles. The Labute approximate surface area is 127 Å². The zero-order valence-electron chi connectivity index (χ0n) is 14.5. The van der Waals surface area contributed by atoms with Crippen LogP contribution in [0.4, 0.5) is 0 Å². The third-order valence-corrected chi connectivity index (χ3v) is 2.93. The molecule has 0 bridgehead atoms. The minimum Gasteiger partial charge on any atom is -0.381 e. The van der Waals surface area contributed by atoms with E-state index in [1.165, 1.54) is 0 Å². The van der Waals surface area contributed by atoms with E-state index in [9.17, 15) is 8.42 Å². The Morgan fingerprint density at radius 3 is 2.00 bits per heavy atom. The Morgan fingerprint density at radius 2 is 1.55 bits per heavy atom. The van der Waals surface area contributed by atoms with Gasteiger partial charge < -0.3 is 9.64 Å². The summed E-state index contributed by atoms with van der Waals surface area (Å²) in [6.45, 7) is 14.0. The average Bonchev–Trinajstić information content (AvgIpc) is 2.44. The van der Waals surface area contributed by atoms with Crippen LogP contribution in [0.3, 0.4) is 0 Å². The number of rotatable bonds is 10. The van der Waals surface area contributed by atoms with Crippen LogP contribution in [0.25, 0.3) is 0 Å². The first-order valence-electron chi connectivity index (χ1n) is 7.66. The first-order chi connectivity index (χ1) is 9.45. The molecule has 5 nitrogen and oxygen atoms in total. The Hall–Kier alpha value is -0.170. The number of hydrogen-bond donors (Lipinski definition) is 1. The van der Waals surface area contributed by atoms with Crippen LogP contribution in [-0.2, 0) is 14.8 Å². The highest BCUT2D eigenvalue weighted by molar-refractivity contribution is 7.88. The first-order valence-corrected chi connectivity index (χ1v) is 9.55. The maximum Gasteiger partial charge on any atom is 0.208 e. The van der Waals surface area contributed by atoms with Crippen molar-refractivity contribution < 1.29 is 13.2 Å². The quantitative estimate of drug-likeness (QED) is 0.629. The molecule has 0 aliphatic rings. The van der Waals surface area contributed by atoms with Gasteiger partial charge >= 0.3 is 0 Å². The fraction of sp³-hybridized carbons (Fsp3) is 1.00. The molecule has 0 aromatic carbocycles. The van der Waals surface area contributed by atoms with Gasteiger partial charge in [0.1, 0.15) is 0 Å². The third kappa shape index (κ3) is 26.4. The van der Waals surface area contributed by atoms with Crippen molar-refractivity contribution in [3.05, 3.63) is 0 Å². The number of sulfonamides is 1. The summed E-state index contributed by atoms with van der Waals surface area (Å²) in [6, 6.07) is 0. The molecule has 126 valence electrons. The minimum absolute atomic E-state index is 0.452. The number of nitrogens with zero attached hydrogens (tertiary/aromatic N) is 1. The van der Waals surface area contributed by atoms with Gasteiger partial charge in [0.05, 0.1) is 6.26 Å². The molecule has 0 amide bonds. The molecular weight excluding hydrogens is 276 g/mol. The fourth-order valence-electron chi connectivity index (χ4n) is 1.13. The second-order valence-corrected chi connectivity index (χ2v) is 5.71. The molecule has 0 aliphatic carbocycles. The van der Waals surface area contributed by atoms with Crippen LogP contribution < -0.4 is 4.72 Å². The van der Waals surface area contributed by atoms with Crippen molar-refractivity contribution in [2.24, 2.45) is 0 Å². The highest BCUT2D eigenvalue weighted by Gasteiger charge is 1.98. The van der Waals surface area contributed by atoms with Crippen molar-refractivity contribution in [2.45, 2.75) is 47.5 Å². The second kappa shape index (κ2) is 18.8. The van der Waals surface area contributed by atoms with Crippen LogP contribution >= 0.6 is 0 Å². The lowest BCUT2D eigenvalue weighted by atomic mass is 10.4. The number of nitrogens with one attached hydrogen (secondary N) is 1. The molecule has 20 heavy (non-hydrogen) atoms. The summed E-state index contributed by atoms with van der Waals surface area (Å²) < 4.78 is 29.2. The summed E-state index contributed by atoms with van der Waals surface area (Å²) in [5.74, 6) is 0. The van der Waals surface area contributed by atoms with Gasteiger partial charge in [-0.25, -0.2) is 13.1 Å². The molecule has 6 heteroatoms. The van der Waals surface area contributed by atoms with Gasteiger partial charge in [-0.3, -0.25) is 0 Å². The van der Waals surface area contributed by atoms with E-state index in [1.807, 2.05) is 27.7 Å². The van der Waals surface area contributed by atoms with Crippen LogP contribution in [0.5, 0.6) is 0 Å². The fourth-order valence-corrected chi connectivity index (χ4v) is 1.64. The number of ether oxygens (including phenoxy) is 1. The second-order valence-electron chi connectivity index (χ2n) is 3.88. The molecule has 0 unspecified atom stereocenters. The summed E-state index contributed by atoms with van der Waals surface area (Å²) in [6.07, 6.45) is 2.90. The topological polar surface area (TPSA) is 58.6 Å². The van der Waals surface area contributed by atoms with Crippen molar-refractivity contribution in [3.63, 3.8) is 0 Å². The maximum absolute atomic E-state index is 10.7. The Bertz CT molecular complexity index is 257. The monoisotopic (exact) mass is 312 g/mol. The predicted molar refractivity (Wildman–Crippen MR) is 88.8 cm³/mol. The van der Waals surface area contributed by atoms with Gasteiger partial charge in [-0.2, -0.15) is 0 Å². The lowest BCUT2D eigenvalue weighted by molar-refractivity contribution is 0.123. The Kier molecular flexibility index (Phi) is 23.4. The first kappa shape index (κ1) is 24.8. The van der Waals surface area contributed by atoms with E-state index >= 15 is 0 Å². The molecule has 0 saturated carbocycles. The van der Waals surface area contributed by atoms with E-state index in [1.54, 1.807) is 0 Å². The van der Waals surface area contributed by atoms with E-state index in [2.05, 4.69) is 23.6 Å². The summed E-state index contributed by atoms with van der Waals surface area (Å²) in [5.41, 5.74) is 0. The molecule has 0 spiro atoms. The van der Waals surface area contributed by atoms with Gasteiger partial charge in [0.25, 0.3) is 0 Å². The lowest BCUT2D eigenvalue weighted by Gasteiger charge is -2.13. The zero-order valence-corrected chi connectivity index (χ0v) is 15.3. The molecule has 0 saturated heterocycles. The average molecular weight is 313 g/mol. The van der Waals surface area contributed by atoms with Gasteiger partial charge in [-0.15, -0.1) is 0 Å². The Morgan fingerprint density at radius 1 is 1.05 bits per heavy atom. The minimum atomic E-state index is -3.05. The SMILES string of the molecule is CC.CC.CCN(C)CCCOCCCNS(C)(=O)=O. The summed E-state index contributed by atoms with van der Waals surface area (Å²) >= 11 is 0. The molecule has 0 fully saturated rings. The molecule has 0 atom stereocenters. The molecule has 0 aliphatic heterocycles. The van der Waals surface area contributed by atoms with Crippen molar-refractivity contribution in [1.82, 2.24) is 9.62 Å². The normalized spacial score (nSPS) is 10.4. The highest BCUT2D eigenvalue weighted by atomic mass is 32.2. The smallest absolute Gasteiger partial charge is 0.208 e. The van der Waals surface area contributed by atoms with E-state index < -0.39 is 10.0 Å². The van der Waals surface area contributed by atoms with E-state index in [0.717, 1.165) is 38.8 Å². The molecule has 0 aromatic rings. The van der Waals surface area contributed by atoms with Crippen LogP contribution in [-0.4, -0.2) is 59.5 Å². The summed E-state index contributed by atoms with van der Waals surface area (Å²) in [5, 5.41) is 0. The summed E-state index contributed by atoms with van der Waals surface area (Å²) in [4.78, 5) is 2.23. The van der Waals surface area contributed by atoms with E-state index in [4.69, 9.17) is 4.74 Å². The maximum atomic E-state index is 10.7. The van der Waals surface area contributed by atoms with Crippen LogP contribution in [0.1, 0.15) is 47.5 Å². The number of hydrogen-bond acceptors (Lipinski definition) is 4. The van der Waals surface area contributed by atoms with Crippen molar-refractivity contribution in [1.29, 1.82) is 0 Å². The lowest BCUT2D eigenvalue weighted by Crippen LogP contribution is -2.24. The van der Waals surface area contributed by atoms with E-state index in [-0.39, 0.29) is 0 Å². The molecular formula is C14H36N2O3S. The van der Waals surface area contributed by atoms with Crippen LogP contribution in [0, 0.1) is 0 Å². The van der Waals surface area contributed by atoms with Crippen molar-refractivity contribution in [2.75, 3.05) is 46.2 Å². The van der Waals surface area contributed by atoms with Crippen molar-refractivity contribution in [3.8, 4) is 0 Å². The molecule has 0 radical (unpaired) electrons. The standard InChI is InChI=1S/C10H24N2O3S.2C2H6/c1-4-12(2)8-6-10-15-9-5-7-11-16(3,13)14;2*1-2/h11H,4-10H2,1-3H3;2*1-2H3. The molecule has 0 rings (SSSR count). The summed E-state index contributed by atoms with van der Waals surface area (Å²) in [7, 11) is -0.969. The van der Waals surface area contributed by atoms with E-state index in [0.29, 0.717) is 13.2 Å². The van der Waals surface area contributed by atoms with Gasteiger partial charge in [-0.05, 0) is 26.4 Å². The van der Waals surface area contributed by atoms with Gasteiger partial charge in [0, 0.05) is 26.3 Å². The third-order valence-electron chi connectivity index (χ3n) is 2.20. The molecule has 0 aromatic heterocycles. The zero-order chi connectivity index (χ0) is 16.4. The Balaban J connectivity index is -0.000000656. The predicted octanol–water partition coefficient (Wildman–Crippen LogP) is 2.34. The van der Waals surface area contributed by atoms with Crippen LogP contribution in [0.15, 0.2) is 0 Å². The van der Waals surface area contributed by atoms with Crippen LogP contribution in [0.2, 0.25) is 0 Å². The van der Waals surface area contributed by atoms with Gasteiger partial charge in [-0.1, -0.05) is 34.6 Å².